The quantitative estimate of drug-likeness (QED) is 0.337. The molecule has 1 aromatic carbocycles. The van der Waals surface area contributed by atoms with Gasteiger partial charge in [-0.1, -0.05) is 0 Å². The predicted molar refractivity (Wildman–Crippen MR) is 115 cm³/mol. The van der Waals surface area contributed by atoms with Crippen molar-refractivity contribution in [3.05, 3.63) is 59.4 Å². The minimum absolute atomic E-state index is 0.00869. The molecular formula is C21H18F6N6O4S. The number of alkyl halides is 6. The van der Waals surface area contributed by atoms with Gasteiger partial charge < -0.3 is 4.90 Å². The fourth-order valence-electron chi connectivity index (χ4n) is 3.82. The van der Waals surface area contributed by atoms with Gasteiger partial charge in [-0.05, 0) is 43.9 Å². The highest BCUT2D eigenvalue weighted by atomic mass is 32.2. The van der Waals surface area contributed by atoms with Crippen LogP contribution < -0.4 is 0 Å². The summed E-state index contributed by atoms with van der Waals surface area (Å²) < 4.78 is 117. The van der Waals surface area contributed by atoms with Gasteiger partial charge in [0.1, 0.15) is 11.2 Å². The van der Waals surface area contributed by atoms with E-state index in [-0.39, 0.29) is 36.4 Å². The molecule has 1 aliphatic carbocycles. The number of hydrogen-bond donors (Lipinski definition) is 1. The smallest absolute Gasteiger partial charge is 0.328 e. The van der Waals surface area contributed by atoms with Crippen LogP contribution in [0.4, 0.5) is 26.3 Å². The van der Waals surface area contributed by atoms with Gasteiger partial charge in [-0.3, -0.25) is 9.35 Å². The molecular weight excluding hydrogens is 546 g/mol. The third-order valence-electron chi connectivity index (χ3n) is 5.79. The monoisotopic (exact) mass is 564 g/mol. The zero-order valence-corrected chi connectivity index (χ0v) is 20.1. The van der Waals surface area contributed by atoms with E-state index in [0.29, 0.717) is 12.8 Å². The Bertz CT molecular complexity index is 1460. The van der Waals surface area contributed by atoms with E-state index < -0.39 is 56.0 Å². The van der Waals surface area contributed by atoms with E-state index in [1.165, 1.54) is 25.4 Å². The van der Waals surface area contributed by atoms with Crippen LogP contribution in [0.5, 0.6) is 0 Å². The van der Waals surface area contributed by atoms with E-state index in [4.69, 9.17) is 0 Å². The Labute approximate surface area is 211 Å². The summed E-state index contributed by atoms with van der Waals surface area (Å²) in [6, 6.07) is -0.0880. The van der Waals surface area contributed by atoms with Gasteiger partial charge in [-0.2, -0.15) is 44.5 Å². The first-order valence-corrected chi connectivity index (χ1v) is 12.3. The van der Waals surface area contributed by atoms with Crippen LogP contribution in [-0.2, 0) is 22.5 Å². The molecule has 1 amide bonds. The number of halogens is 6. The van der Waals surface area contributed by atoms with Crippen LogP contribution in [-0.4, -0.2) is 55.1 Å². The van der Waals surface area contributed by atoms with Crippen LogP contribution in [0.1, 0.15) is 53.1 Å². The summed E-state index contributed by atoms with van der Waals surface area (Å²) in [7, 11) is -5.83. The summed E-state index contributed by atoms with van der Waals surface area (Å²) in [6.07, 6.45) is -5.92. The molecule has 2 aromatic heterocycles. The summed E-state index contributed by atoms with van der Waals surface area (Å²) in [5, 5.41) is 3.97. The van der Waals surface area contributed by atoms with Crippen molar-refractivity contribution in [2.24, 2.45) is 5.92 Å². The van der Waals surface area contributed by atoms with Gasteiger partial charge in [0.2, 0.25) is 0 Å². The molecule has 1 saturated carbocycles. The summed E-state index contributed by atoms with van der Waals surface area (Å²) >= 11 is 0. The van der Waals surface area contributed by atoms with Gasteiger partial charge in [0, 0.05) is 18.9 Å². The number of nitrogens with zero attached hydrogens (tertiary/aromatic N) is 6. The van der Waals surface area contributed by atoms with Gasteiger partial charge in [-0.15, -0.1) is 0 Å². The van der Waals surface area contributed by atoms with Crippen molar-refractivity contribution in [3.8, 4) is 5.95 Å². The molecule has 0 radical (unpaired) electrons. The molecule has 0 saturated heterocycles. The highest BCUT2D eigenvalue weighted by Gasteiger charge is 2.46. The fourth-order valence-corrected chi connectivity index (χ4v) is 4.58. The number of carbonyl (C=O) groups is 1. The van der Waals surface area contributed by atoms with Crippen molar-refractivity contribution in [3.63, 3.8) is 0 Å². The number of rotatable bonds is 7. The highest BCUT2D eigenvalue weighted by Crippen LogP contribution is 2.42. The van der Waals surface area contributed by atoms with Crippen LogP contribution >= 0.6 is 0 Å². The molecule has 1 atom stereocenters. The van der Waals surface area contributed by atoms with E-state index in [0.717, 1.165) is 15.9 Å². The number of hydrogen-bond acceptors (Lipinski definition) is 7. The molecule has 0 spiro atoms. The Balaban J connectivity index is 1.90. The number of benzene rings is 1. The average molecular weight is 564 g/mol. The minimum Gasteiger partial charge on any atom is -0.328 e. The topological polar surface area (TPSA) is 131 Å². The third-order valence-corrected chi connectivity index (χ3v) is 6.67. The number of amides is 1. The van der Waals surface area contributed by atoms with Crippen molar-refractivity contribution in [2.45, 2.75) is 43.1 Å². The van der Waals surface area contributed by atoms with Crippen LogP contribution in [0, 0.1) is 5.92 Å². The van der Waals surface area contributed by atoms with E-state index in [9.17, 15) is 44.1 Å². The van der Waals surface area contributed by atoms with Crippen molar-refractivity contribution in [2.75, 3.05) is 6.54 Å². The van der Waals surface area contributed by atoms with Crippen molar-refractivity contribution in [1.29, 1.82) is 0 Å². The van der Waals surface area contributed by atoms with Gasteiger partial charge in [0.05, 0.1) is 22.7 Å². The zero-order chi connectivity index (χ0) is 28.0. The molecule has 4 rings (SSSR count). The lowest BCUT2D eigenvalue weighted by molar-refractivity contribution is -0.143. The number of aromatic nitrogens is 5. The Morgan fingerprint density at radius 2 is 1.74 bits per heavy atom. The van der Waals surface area contributed by atoms with Gasteiger partial charge in [0.15, 0.2) is 5.82 Å². The summed E-state index contributed by atoms with van der Waals surface area (Å²) in [5.41, 5.74) is -5.66. The Kier molecular flexibility index (Phi) is 6.94. The molecule has 3 aromatic rings. The standard InChI is InChI=1S/C21H18F6N6O4S/c1-11(17-30-10-31-33(17)19-28-5-2-6-29-19)32(9-12-3-4-12)18(34)14-7-13(20(22,23)24)8-15(38(35,36)37)16(14)21(25,26)27/h2,5-8,10-12H,3-4,9H2,1H3,(H,35,36,37). The lowest BCUT2D eigenvalue weighted by atomic mass is 10.0. The van der Waals surface area contributed by atoms with Crippen molar-refractivity contribution >= 4 is 16.0 Å². The molecule has 1 aliphatic rings. The molecule has 1 fully saturated rings. The van der Waals surface area contributed by atoms with Gasteiger partial charge in [-0.25, -0.2) is 15.0 Å². The van der Waals surface area contributed by atoms with Crippen LogP contribution in [0.15, 0.2) is 41.8 Å². The van der Waals surface area contributed by atoms with E-state index in [1.807, 2.05) is 0 Å². The molecule has 0 aliphatic heterocycles. The van der Waals surface area contributed by atoms with Crippen LogP contribution in [0.3, 0.4) is 0 Å². The minimum atomic E-state index is -5.83. The molecule has 1 unspecified atom stereocenters. The molecule has 38 heavy (non-hydrogen) atoms. The van der Waals surface area contributed by atoms with E-state index in [2.05, 4.69) is 20.1 Å². The summed E-state index contributed by atoms with van der Waals surface area (Å²) in [4.78, 5) is 24.4. The number of carbonyl (C=O) groups excluding carboxylic acids is 1. The van der Waals surface area contributed by atoms with Crippen LogP contribution in [0.25, 0.3) is 5.95 Å². The highest BCUT2D eigenvalue weighted by molar-refractivity contribution is 7.85. The maximum Gasteiger partial charge on any atom is 0.418 e. The molecule has 204 valence electrons. The Hall–Kier alpha value is -3.60. The molecule has 0 bridgehead atoms. The fraction of sp³-hybridized carbons (Fsp3) is 0.381. The van der Waals surface area contributed by atoms with Gasteiger partial charge in [0.25, 0.3) is 22.0 Å². The molecule has 1 N–H and O–H groups in total. The summed E-state index contributed by atoms with van der Waals surface area (Å²) in [5.74, 6) is -1.71. The molecule has 2 heterocycles. The normalized spacial score (nSPS) is 15.4. The second-order valence-electron chi connectivity index (χ2n) is 8.52. The van der Waals surface area contributed by atoms with Crippen LogP contribution in [0.2, 0.25) is 0 Å². The lowest BCUT2D eigenvalue weighted by Gasteiger charge is -2.30. The second kappa shape index (κ2) is 9.61. The maximum atomic E-state index is 14.1. The summed E-state index contributed by atoms with van der Waals surface area (Å²) in [6.45, 7) is 1.20. The van der Waals surface area contributed by atoms with Crippen molar-refractivity contribution in [1.82, 2.24) is 29.6 Å². The van der Waals surface area contributed by atoms with E-state index in [1.54, 1.807) is 0 Å². The van der Waals surface area contributed by atoms with E-state index >= 15 is 0 Å². The average Bonchev–Trinajstić information content (AvgIpc) is 3.52. The first kappa shape index (κ1) is 27.4. The second-order valence-corrected chi connectivity index (χ2v) is 9.91. The zero-order valence-electron chi connectivity index (χ0n) is 19.3. The Morgan fingerprint density at radius 3 is 2.26 bits per heavy atom. The maximum absolute atomic E-state index is 14.1. The van der Waals surface area contributed by atoms with Gasteiger partial charge >= 0.3 is 12.4 Å². The first-order valence-electron chi connectivity index (χ1n) is 10.9. The molecule has 17 heteroatoms. The van der Waals surface area contributed by atoms with Crippen molar-refractivity contribution < 1.29 is 44.1 Å². The third kappa shape index (κ3) is 5.62. The first-order chi connectivity index (χ1) is 17.6. The molecule has 10 nitrogen and oxygen atoms in total. The largest absolute Gasteiger partial charge is 0.418 e. The lowest BCUT2D eigenvalue weighted by Crippen LogP contribution is -2.38. The SMILES string of the molecule is CC(c1ncnn1-c1ncccn1)N(CC1CC1)C(=O)c1cc(C(F)(F)F)cc(S(=O)(=O)O)c1C(F)(F)F. The predicted octanol–water partition coefficient (Wildman–Crippen LogP) is 3.96. The Morgan fingerprint density at radius 1 is 1.11 bits per heavy atom.